The van der Waals surface area contributed by atoms with Crippen LogP contribution in [0.4, 0.5) is 0 Å². The molecule has 2 aromatic rings. The molecule has 1 heterocycles. The lowest BCUT2D eigenvalue weighted by Crippen LogP contribution is -2.39. The number of nitrogens with one attached hydrogen (secondary N) is 1. The van der Waals surface area contributed by atoms with E-state index < -0.39 is 17.9 Å². The van der Waals surface area contributed by atoms with Crippen LogP contribution >= 0.6 is 23.2 Å². The molecule has 0 saturated heterocycles. The molecule has 2 aromatic carbocycles. The molecular formula is C19H17Cl2NO5. The Morgan fingerprint density at radius 3 is 2.67 bits per heavy atom. The summed E-state index contributed by atoms with van der Waals surface area (Å²) in [4.78, 5) is 24.4. The van der Waals surface area contributed by atoms with Gasteiger partial charge in [-0.2, -0.15) is 0 Å². The maximum atomic E-state index is 12.2. The van der Waals surface area contributed by atoms with E-state index in [1.54, 1.807) is 43.3 Å². The molecule has 27 heavy (non-hydrogen) atoms. The number of hydrogen-bond donors (Lipinski definition) is 1. The Morgan fingerprint density at radius 1 is 1.19 bits per heavy atom. The van der Waals surface area contributed by atoms with Gasteiger partial charge in [0, 0.05) is 26.7 Å². The largest absolute Gasteiger partial charge is 0.467 e. The standard InChI is InChI=1S/C19H17Cl2NO5/c1-11(22-18(23)12-2-4-15(20)5-3-12)19(24)26-9-14-7-16(21)6-13-8-25-10-27-17(13)14/h2-7,11H,8-10H2,1H3,(H,22,23)/t11-/m0/s1. The number of halogens is 2. The zero-order valence-electron chi connectivity index (χ0n) is 14.5. The number of rotatable bonds is 5. The van der Waals surface area contributed by atoms with Gasteiger partial charge in [-0.1, -0.05) is 23.2 Å². The van der Waals surface area contributed by atoms with Crippen molar-refractivity contribution in [3.63, 3.8) is 0 Å². The number of carbonyl (C=O) groups is 2. The van der Waals surface area contributed by atoms with Gasteiger partial charge in [0.1, 0.15) is 18.4 Å². The van der Waals surface area contributed by atoms with Gasteiger partial charge in [0.05, 0.1) is 6.61 Å². The fraction of sp³-hybridized carbons (Fsp3) is 0.263. The predicted molar refractivity (Wildman–Crippen MR) is 99.9 cm³/mol. The molecule has 0 spiro atoms. The first-order valence-electron chi connectivity index (χ1n) is 8.19. The van der Waals surface area contributed by atoms with Crippen LogP contribution in [0.15, 0.2) is 36.4 Å². The average Bonchev–Trinajstić information content (AvgIpc) is 2.66. The van der Waals surface area contributed by atoms with E-state index in [0.717, 1.165) is 5.56 Å². The zero-order chi connectivity index (χ0) is 19.4. The number of ether oxygens (including phenoxy) is 3. The van der Waals surface area contributed by atoms with Crippen LogP contribution in [0.1, 0.15) is 28.4 Å². The highest BCUT2D eigenvalue weighted by atomic mass is 35.5. The van der Waals surface area contributed by atoms with Crippen LogP contribution in [-0.4, -0.2) is 24.7 Å². The molecular weight excluding hydrogens is 393 g/mol. The van der Waals surface area contributed by atoms with Crippen molar-refractivity contribution in [1.82, 2.24) is 5.32 Å². The molecule has 1 amide bonds. The Kier molecular flexibility index (Phi) is 6.21. The summed E-state index contributed by atoms with van der Waals surface area (Å²) < 4.78 is 16.0. The zero-order valence-corrected chi connectivity index (χ0v) is 16.0. The fourth-order valence-electron chi connectivity index (χ4n) is 2.58. The second-order valence-electron chi connectivity index (χ2n) is 5.97. The number of benzene rings is 2. The molecule has 6 nitrogen and oxygen atoms in total. The van der Waals surface area contributed by atoms with Crippen LogP contribution in [-0.2, 0) is 27.5 Å². The highest BCUT2D eigenvalue weighted by Gasteiger charge is 2.21. The van der Waals surface area contributed by atoms with E-state index in [4.69, 9.17) is 37.4 Å². The van der Waals surface area contributed by atoms with Crippen LogP contribution in [0.2, 0.25) is 10.0 Å². The molecule has 1 N–H and O–H groups in total. The van der Waals surface area contributed by atoms with Crippen molar-refractivity contribution in [2.24, 2.45) is 0 Å². The van der Waals surface area contributed by atoms with Crippen LogP contribution < -0.4 is 10.1 Å². The summed E-state index contributed by atoms with van der Waals surface area (Å²) >= 11 is 11.9. The van der Waals surface area contributed by atoms with Crippen molar-refractivity contribution in [3.05, 3.63) is 63.1 Å². The molecule has 8 heteroatoms. The maximum Gasteiger partial charge on any atom is 0.328 e. The minimum Gasteiger partial charge on any atom is -0.467 e. The molecule has 0 fully saturated rings. The van der Waals surface area contributed by atoms with E-state index in [2.05, 4.69) is 5.32 Å². The summed E-state index contributed by atoms with van der Waals surface area (Å²) in [7, 11) is 0. The van der Waals surface area contributed by atoms with Gasteiger partial charge in [-0.05, 0) is 43.3 Å². The van der Waals surface area contributed by atoms with E-state index in [1.807, 2.05) is 0 Å². The Balaban J connectivity index is 1.60. The smallest absolute Gasteiger partial charge is 0.328 e. The third-order valence-corrected chi connectivity index (χ3v) is 4.40. The quantitative estimate of drug-likeness (QED) is 0.761. The highest BCUT2D eigenvalue weighted by molar-refractivity contribution is 6.31. The molecule has 0 aromatic heterocycles. The second-order valence-corrected chi connectivity index (χ2v) is 6.85. The van der Waals surface area contributed by atoms with Crippen molar-refractivity contribution >= 4 is 35.1 Å². The molecule has 1 aliphatic heterocycles. The van der Waals surface area contributed by atoms with Gasteiger partial charge < -0.3 is 19.5 Å². The van der Waals surface area contributed by atoms with Crippen LogP contribution in [0.5, 0.6) is 5.75 Å². The molecule has 0 aliphatic carbocycles. The first-order valence-corrected chi connectivity index (χ1v) is 8.94. The van der Waals surface area contributed by atoms with Crippen LogP contribution in [0.25, 0.3) is 0 Å². The summed E-state index contributed by atoms with van der Waals surface area (Å²) in [6.45, 7) is 2.03. The summed E-state index contributed by atoms with van der Waals surface area (Å²) in [6.07, 6.45) is 0. The lowest BCUT2D eigenvalue weighted by Gasteiger charge is -2.21. The van der Waals surface area contributed by atoms with E-state index in [1.165, 1.54) is 0 Å². The van der Waals surface area contributed by atoms with Gasteiger partial charge in [0.25, 0.3) is 5.91 Å². The molecule has 142 valence electrons. The third-order valence-electron chi connectivity index (χ3n) is 3.93. The Labute approximate surface area is 166 Å². The Bertz CT molecular complexity index is 854. The summed E-state index contributed by atoms with van der Waals surface area (Å²) in [6, 6.07) is 8.96. The lowest BCUT2D eigenvalue weighted by molar-refractivity contribution is -0.146. The van der Waals surface area contributed by atoms with Crippen LogP contribution in [0.3, 0.4) is 0 Å². The monoisotopic (exact) mass is 409 g/mol. The minimum absolute atomic E-state index is 0.0249. The minimum atomic E-state index is -0.826. The first-order chi connectivity index (χ1) is 12.9. The van der Waals surface area contributed by atoms with Gasteiger partial charge in [-0.3, -0.25) is 4.79 Å². The summed E-state index contributed by atoms with van der Waals surface area (Å²) in [5, 5.41) is 3.61. The second kappa shape index (κ2) is 8.61. The maximum absolute atomic E-state index is 12.2. The lowest BCUT2D eigenvalue weighted by atomic mass is 10.1. The van der Waals surface area contributed by atoms with Gasteiger partial charge in [-0.25, -0.2) is 4.79 Å². The SMILES string of the molecule is C[C@H](NC(=O)c1ccc(Cl)cc1)C(=O)OCc1cc(Cl)cc2c1OCOC2. The molecule has 0 unspecified atom stereocenters. The van der Waals surface area contributed by atoms with Gasteiger partial charge in [-0.15, -0.1) is 0 Å². The van der Waals surface area contributed by atoms with E-state index in [-0.39, 0.29) is 13.4 Å². The number of carbonyl (C=O) groups excluding carboxylic acids is 2. The summed E-state index contributed by atoms with van der Waals surface area (Å²) in [5.41, 5.74) is 1.84. The molecule has 0 bridgehead atoms. The Morgan fingerprint density at radius 2 is 1.93 bits per heavy atom. The number of amides is 1. The number of esters is 1. The van der Waals surface area contributed by atoms with E-state index in [0.29, 0.717) is 33.5 Å². The predicted octanol–water partition coefficient (Wildman–Crippen LogP) is 3.72. The summed E-state index contributed by atoms with van der Waals surface area (Å²) in [5.74, 6) is -0.355. The molecule has 1 aliphatic rings. The average molecular weight is 410 g/mol. The highest BCUT2D eigenvalue weighted by Crippen LogP contribution is 2.32. The van der Waals surface area contributed by atoms with Gasteiger partial charge >= 0.3 is 5.97 Å². The topological polar surface area (TPSA) is 73.9 Å². The third kappa shape index (κ3) is 4.91. The van der Waals surface area contributed by atoms with Crippen molar-refractivity contribution in [2.75, 3.05) is 6.79 Å². The van der Waals surface area contributed by atoms with Crippen molar-refractivity contribution in [1.29, 1.82) is 0 Å². The van der Waals surface area contributed by atoms with Crippen molar-refractivity contribution in [3.8, 4) is 5.75 Å². The van der Waals surface area contributed by atoms with E-state index in [9.17, 15) is 9.59 Å². The van der Waals surface area contributed by atoms with Crippen LogP contribution in [0, 0.1) is 0 Å². The number of fused-ring (bicyclic) bond motifs is 1. The molecule has 0 radical (unpaired) electrons. The number of hydrogen-bond acceptors (Lipinski definition) is 5. The Hall–Kier alpha value is -2.28. The first kappa shape index (κ1) is 19.5. The molecule has 3 rings (SSSR count). The molecule has 0 saturated carbocycles. The van der Waals surface area contributed by atoms with Crippen molar-refractivity contribution < 1.29 is 23.8 Å². The van der Waals surface area contributed by atoms with Gasteiger partial charge in [0.15, 0.2) is 6.79 Å². The van der Waals surface area contributed by atoms with Crippen molar-refractivity contribution in [2.45, 2.75) is 26.2 Å². The molecule has 1 atom stereocenters. The fourth-order valence-corrected chi connectivity index (χ4v) is 2.97. The van der Waals surface area contributed by atoms with E-state index >= 15 is 0 Å². The normalized spacial score (nSPS) is 13.9. The van der Waals surface area contributed by atoms with Gasteiger partial charge in [0.2, 0.25) is 0 Å².